The van der Waals surface area contributed by atoms with Crippen LogP contribution in [0.1, 0.15) is 26.2 Å². The first kappa shape index (κ1) is 12.0. The molecule has 1 saturated carbocycles. The SMILES string of the molecule is CC1(NCC(=O)Nc2cccc(F)c2)CCC1. The Hall–Kier alpha value is -1.42. The molecule has 1 aromatic carbocycles. The third-order valence-corrected chi connectivity index (χ3v) is 3.24. The molecule has 0 aromatic heterocycles. The molecule has 3 nitrogen and oxygen atoms in total. The molecule has 17 heavy (non-hydrogen) atoms. The minimum Gasteiger partial charge on any atom is -0.325 e. The summed E-state index contributed by atoms with van der Waals surface area (Å²) in [6.45, 7) is 2.39. The summed E-state index contributed by atoms with van der Waals surface area (Å²) in [6.07, 6.45) is 3.44. The maximum atomic E-state index is 12.9. The molecule has 1 aliphatic rings. The summed E-state index contributed by atoms with van der Waals surface area (Å²) in [5.41, 5.74) is 0.606. The quantitative estimate of drug-likeness (QED) is 0.842. The van der Waals surface area contributed by atoms with Gasteiger partial charge in [0.15, 0.2) is 0 Å². The van der Waals surface area contributed by atoms with Crippen LogP contribution < -0.4 is 10.6 Å². The number of carbonyl (C=O) groups excluding carboxylic acids is 1. The van der Waals surface area contributed by atoms with E-state index in [2.05, 4.69) is 17.6 Å². The van der Waals surface area contributed by atoms with Crippen LogP contribution in [0.15, 0.2) is 24.3 Å². The van der Waals surface area contributed by atoms with E-state index in [9.17, 15) is 9.18 Å². The maximum Gasteiger partial charge on any atom is 0.238 e. The molecule has 0 unspecified atom stereocenters. The highest BCUT2D eigenvalue weighted by Crippen LogP contribution is 2.30. The van der Waals surface area contributed by atoms with E-state index >= 15 is 0 Å². The van der Waals surface area contributed by atoms with Gasteiger partial charge in [-0.15, -0.1) is 0 Å². The monoisotopic (exact) mass is 236 g/mol. The summed E-state index contributed by atoms with van der Waals surface area (Å²) in [5.74, 6) is -0.481. The number of hydrogen-bond acceptors (Lipinski definition) is 2. The van der Waals surface area contributed by atoms with Crippen molar-refractivity contribution in [1.82, 2.24) is 5.32 Å². The van der Waals surface area contributed by atoms with E-state index in [1.807, 2.05) is 0 Å². The summed E-state index contributed by atoms with van der Waals surface area (Å²) < 4.78 is 12.9. The number of hydrogen-bond donors (Lipinski definition) is 2. The van der Waals surface area contributed by atoms with Crippen molar-refractivity contribution in [3.05, 3.63) is 30.1 Å². The average molecular weight is 236 g/mol. The van der Waals surface area contributed by atoms with Gasteiger partial charge in [0, 0.05) is 11.2 Å². The van der Waals surface area contributed by atoms with E-state index in [0.717, 1.165) is 12.8 Å². The molecule has 1 amide bonds. The Labute approximate surface area is 100 Å². The number of halogens is 1. The third kappa shape index (κ3) is 3.27. The summed E-state index contributed by atoms with van der Waals surface area (Å²) >= 11 is 0. The van der Waals surface area contributed by atoms with Crippen molar-refractivity contribution < 1.29 is 9.18 Å². The zero-order valence-corrected chi connectivity index (χ0v) is 9.92. The van der Waals surface area contributed by atoms with Crippen LogP contribution in [0.5, 0.6) is 0 Å². The summed E-state index contributed by atoms with van der Waals surface area (Å²) in [5, 5.41) is 5.89. The molecule has 2 rings (SSSR count). The molecular formula is C13H17FN2O. The van der Waals surface area contributed by atoms with Crippen molar-refractivity contribution in [3.8, 4) is 0 Å². The predicted octanol–water partition coefficient (Wildman–Crippen LogP) is 2.30. The highest BCUT2D eigenvalue weighted by Gasteiger charge is 2.31. The fourth-order valence-electron chi connectivity index (χ4n) is 1.95. The second-order valence-electron chi connectivity index (χ2n) is 4.83. The Bertz CT molecular complexity index is 416. The second kappa shape index (κ2) is 4.84. The van der Waals surface area contributed by atoms with Crippen molar-refractivity contribution in [2.24, 2.45) is 0 Å². The minimum atomic E-state index is -0.346. The number of benzene rings is 1. The number of anilines is 1. The molecule has 1 aromatic rings. The molecule has 0 radical (unpaired) electrons. The van der Waals surface area contributed by atoms with Crippen molar-refractivity contribution >= 4 is 11.6 Å². The first-order chi connectivity index (χ1) is 8.07. The Morgan fingerprint density at radius 3 is 2.82 bits per heavy atom. The molecule has 1 aliphatic carbocycles. The third-order valence-electron chi connectivity index (χ3n) is 3.24. The average Bonchev–Trinajstić information content (AvgIpc) is 2.24. The van der Waals surface area contributed by atoms with Crippen molar-refractivity contribution in [2.75, 3.05) is 11.9 Å². The first-order valence-corrected chi connectivity index (χ1v) is 5.88. The zero-order valence-electron chi connectivity index (χ0n) is 9.92. The summed E-state index contributed by atoms with van der Waals surface area (Å²) in [6, 6.07) is 5.91. The van der Waals surface area contributed by atoms with Crippen molar-refractivity contribution in [2.45, 2.75) is 31.7 Å². The van der Waals surface area contributed by atoms with Crippen LogP contribution in [0.25, 0.3) is 0 Å². The largest absolute Gasteiger partial charge is 0.325 e. The fourth-order valence-corrected chi connectivity index (χ4v) is 1.95. The molecule has 0 spiro atoms. The lowest BCUT2D eigenvalue weighted by molar-refractivity contribution is -0.115. The minimum absolute atomic E-state index is 0.110. The highest BCUT2D eigenvalue weighted by atomic mass is 19.1. The van der Waals surface area contributed by atoms with Crippen LogP contribution in [0, 0.1) is 5.82 Å². The Balaban J connectivity index is 1.81. The van der Waals surface area contributed by atoms with Crippen LogP contribution in [0.2, 0.25) is 0 Å². The van der Waals surface area contributed by atoms with E-state index in [1.165, 1.54) is 18.6 Å². The predicted molar refractivity (Wildman–Crippen MR) is 65.3 cm³/mol. The molecule has 0 atom stereocenters. The van der Waals surface area contributed by atoms with Gasteiger partial charge in [-0.25, -0.2) is 4.39 Å². The highest BCUT2D eigenvalue weighted by molar-refractivity contribution is 5.92. The normalized spacial score (nSPS) is 17.3. The number of carbonyl (C=O) groups is 1. The molecule has 0 heterocycles. The topological polar surface area (TPSA) is 41.1 Å². The Kier molecular flexibility index (Phi) is 3.43. The van der Waals surface area contributed by atoms with Gasteiger partial charge in [-0.05, 0) is 44.4 Å². The van der Waals surface area contributed by atoms with Gasteiger partial charge < -0.3 is 10.6 Å². The lowest BCUT2D eigenvalue weighted by atomic mass is 9.78. The number of rotatable bonds is 4. The number of nitrogens with one attached hydrogen (secondary N) is 2. The summed E-state index contributed by atoms with van der Waals surface area (Å²) in [7, 11) is 0. The van der Waals surface area contributed by atoms with E-state index in [-0.39, 0.29) is 23.8 Å². The van der Waals surface area contributed by atoms with Gasteiger partial charge in [0.1, 0.15) is 5.82 Å². The maximum absolute atomic E-state index is 12.9. The van der Waals surface area contributed by atoms with Gasteiger partial charge in [-0.1, -0.05) is 6.07 Å². The van der Waals surface area contributed by atoms with Gasteiger partial charge >= 0.3 is 0 Å². The molecule has 1 fully saturated rings. The molecule has 0 bridgehead atoms. The molecule has 92 valence electrons. The lowest BCUT2D eigenvalue weighted by Gasteiger charge is -2.39. The zero-order chi connectivity index (χ0) is 12.3. The molecule has 0 aliphatic heterocycles. The Morgan fingerprint density at radius 2 is 2.24 bits per heavy atom. The van der Waals surface area contributed by atoms with Gasteiger partial charge in [0.25, 0.3) is 0 Å². The van der Waals surface area contributed by atoms with Gasteiger partial charge in [0.05, 0.1) is 6.54 Å². The molecule has 2 N–H and O–H groups in total. The van der Waals surface area contributed by atoms with Crippen LogP contribution >= 0.6 is 0 Å². The number of amides is 1. The second-order valence-corrected chi connectivity index (χ2v) is 4.83. The Morgan fingerprint density at radius 1 is 1.47 bits per heavy atom. The fraction of sp³-hybridized carbons (Fsp3) is 0.462. The van der Waals surface area contributed by atoms with Crippen LogP contribution in [-0.4, -0.2) is 18.0 Å². The van der Waals surface area contributed by atoms with Gasteiger partial charge in [-0.2, -0.15) is 0 Å². The van der Waals surface area contributed by atoms with E-state index in [0.29, 0.717) is 5.69 Å². The molecule has 4 heteroatoms. The van der Waals surface area contributed by atoms with Crippen molar-refractivity contribution in [1.29, 1.82) is 0 Å². The molecule has 0 saturated heterocycles. The smallest absolute Gasteiger partial charge is 0.238 e. The van der Waals surface area contributed by atoms with E-state index in [1.54, 1.807) is 12.1 Å². The first-order valence-electron chi connectivity index (χ1n) is 5.88. The van der Waals surface area contributed by atoms with E-state index in [4.69, 9.17) is 0 Å². The van der Waals surface area contributed by atoms with Gasteiger partial charge in [0.2, 0.25) is 5.91 Å². The van der Waals surface area contributed by atoms with E-state index < -0.39 is 0 Å². The van der Waals surface area contributed by atoms with Crippen LogP contribution in [0.3, 0.4) is 0 Å². The molecular weight excluding hydrogens is 219 g/mol. The van der Waals surface area contributed by atoms with Gasteiger partial charge in [-0.3, -0.25) is 4.79 Å². The van der Waals surface area contributed by atoms with Crippen LogP contribution in [0.4, 0.5) is 10.1 Å². The standard InChI is InChI=1S/C13H17FN2O/c1-13(6-3-7-13)15-9-12(17)16-11-5-2-4-10(14)8-11/h2,4-5,8,15H,3,6-7,9H2,1H3,(H,16,17). The van der Waals surface area contributed by atoms with Crippen LogP contribution in [-0.2, 0) is 4.79 Å². The lowest BCUT2D eigenvalue weighted by Crippen LogP contribution is -2.50. The summed E-state index contributed by atoms with van der Waals surface area (Å²) in [4.78, 5) is 11.6. The van der Waals surface area contributed by atoms with Crippen molar-refractivity contribution in [3.63, 3.8) is 0 Å².